The second kappa shape index (κ2) is 5.82. The molecule has 0 radical (unpaired) electrons. The molecule has 2 rings (SSSR count). The van der Waals surface area contributed by atoms with E-state index in [1.54, 1.807) is 0 Å². The maximum atomic E-state index is 13.1. The van der Waals surface area contributed by atoms with Gasteiger partial charge >= 0.3 is 0 Å². The predicted octanol–water partition coefficient (Wildman–Crippen LogP) is 1.58. The molecule has 1 aliphatic rings. The number of rotatable bonds is 5. The molecule has 4 nitrogen and oxygen atoms in total. The van der Waals surface area contributed by atoms with E-state index in [-0.39, 0.29) is 5.84 Å². The van der Waals surface area contributed by atoms with Crippen molar-refractivity contribution < 1.29 is 9.13 Å². The van der Waals surface area contributed by atoms with E-state index in [1.165, 1.54) is 31.0 Å². The summed E-state index contributed by atoms with van der Waals surface area (Å²) in [5.74, 6) is -0.110. The molecule has 0 aliphatic carbocycles. The van der Waals surface area contributed by atoms with Crippen molar-refractivity contribution in [3.05, 3.63) is 29.6 Å². The zero-order valence-corrected chi connectivity index (χ0v) is 10.3. The highest BCUT2D eigenvalue weighted by atomic mass is 19.1. The van der Waals surface area contributed by atoms with Crippen LogP contribution in [0.4, 0.5) is 4.39 Å². The van der Waals surface area contributed by atoms with Gasteiger partial charge in [0.15, 0.2) is 0 Å². The van der Waals surface area contributed by atoms with Gasteiger partial charge in [0.1, 0.15) is 24.0 Å². The summed E-state index contributed by atoms with van der Waals surface area (Å²) in [6.45, 7) is 3.62. The van der Waals surface area contributed by atoms with Crippen LogP contribution in [0.3, 0.4) is 0 Å². The normalized spacial score (nSPS) is 15.8. The van der Waals surface area contributed by atoms with E-state index in [0.717, 1.165) is 19.6 Å². The second-order valence-corrected chi connectivity index (χ2v) is 4.45. The van der Waals surface area contributed by atoms with Crippen LogP contribution < -0.4 is 10.5 Å². The zero-order valence-electron chi connectivity index (χ0n) is 10.3. The van der Waals surface area contributed by atoms with E-state index in [0.29, 0.717) is 17.9 Å². The van der Waals surface area contributed by atoms with Crippen LogP contribution in [0.15, 0.2) is 18.2 Å². The zero-order chi connectivity index (χ0) is 13.0. The standard InChI is InChI=1S/C13H18FN3O/c14-10-3-4-12(11(9-10)13(15)16)18-8-7-17-5-1-2-6-17/h3-4,9H,1-2,5-8H2,(H3,15,16). The topological polar surface area (TPSA) is 62.3 Å². The highest BCUT2D eigenvalue weighted by Crippen LogP contribution is 2.19. The number of nitrogen functional groups attached to an aromatic ring is 1. The number of nitrogens with two attached hydrogens (primary N) is 1. The van der Waals surface area contributed by atoms with Gasteiger partial charge in [0, 0.05) is 6.54 Å². The van der Waals surface area contributed by atoms with Gasteiger partial charge in [-0.3, -0.25) is 10.3 Å². The average molecular weight is 251 g/mol. The van der Waals surface area contributed by atoms with Gasteiger partial charge < -0.3 is 10.5 Å². The van der Waals surface area contributed by atoms with Crippen molar-refractivity contribution >= 4 is 5.84 Å². The highest BCUT2D eigenvalue weighted by molar-refractivity contribution is 5.97. The van der Waals surface area contributed by atoms with Crippen LogP contribution >= 0.6 is 0 Å². The number of nitrogens with zero attached hydrogens (tertiary/aromatic N) is 1. The number of ether oxygens (including phenoxy) is 1. The molecule has 98 valence electrons. The van der Waals surface area contributed by atoms with E-state index < -0.39 is 5.82 Å². The molecule has 1 fully saturated rings. The first-order valence-corrected chi connectivity index (χ1v) is 6.16. The number of benzene rings is 1. The number of nitrogens with one attached hydrogen (secondary N) is 1. The first-order valence-electron chi connectivity index (χ1n) is 6.16. The number of hydrogen-bond acceptors (Lipinski definition) is 3. The summed E-state index contributed by atoms with van der Waals surface area (Å²) < 4.78 is 18.6. The Morgan fingerprint density at radius 3 is 2.78 bits per heavy atom. The van der Waals surface area contributed by atoms with Crippen LogP contribution in [-0.4, -0.2) is 37.0 Å². The first kappa shape index (κ1) is 12.8. The van der Waals surface area contributed by atoms with Crippen molar-refractivity contribution in [2.24, 2.45) is 5.73 Å². The lowest BCUT2D eigenvalue weighted by Crippen LogP contribution is -2.25. The Kier molecular flexibility index (Phi) is 4.15. The number of halogens is 1. The van der Waals surface area contributed by atoms with Crippen molar-refractivity contribution in [3.8, 4) is 5.75 Å². The Morgan fingerprint density at radius 2 is 2.11 bits per heavy atom. The lowest BCUT2D eigenvalue weighted by Gasteiger charge is -2.16. The third-order valence-electron chi connectivity index (χ3n) is 3.10. The smallest absolute Gasteiger partial charge is 0.130 e. The molecule has 1 aromatic rings. The molecule has 0 amide bonds. The fraction of sp³-hybridized carbons (Fsp3) is 0.462. The fourth-order valence-electron chi connectivity index (χ4n) is 2.13. The van der Waals surface area contributed by atoms with Crippen molar-refractivity contribution in [2.75, 3.05) is 26.2 Å². The Balaban J connectivity index is 1.93. The molecule has 0 atom stereocenters. The molecule has 0 bridgehead atoms. The van der Waals surface area contributed by atoms with Crippen LogP contribution in [0.5, 0.6) is 5.75 Å². The molecule has 0 spiro atoms. The quantitative estimate of drug-likeness (QED) is 0.617. The average Bonchev–Trinajstić information content (AvgIpc) is 2.84. The molecule has 0 aromatic heterocycles. The summed E-state index contributed by atoms with van der Waals surface area (Å²) in [5.41, 5.74) is 5.72. The Bertz CT molecular complexity index is 430. The van der Waals surface area contributed by atoms with Crippen LogP contribution in [0.25, 0.3) is 0 Å². The van der Waals surface area contributed by atoms with Gasteiger partial charge in [-0.25, -0.2) is 4.39 Å². The van der Waals surface area contributed by atoms with Crippen molar-refractivity contribution in [3.63, 3.8) is 0 Å². The van der Waals surface area contributed by atoms with Gasteiger partial charge in [-0.1, -0.05) is 0 Å². The molecule has 18 heavy (non-hydrogen) atoms. The molecule has 5 heteroatoms. The minimum Gasteiger partial charge on any atom is -0.491 e. The van der Waals surface area contributed by atoms with Crippen LogP contribution in [0.1, 0.15) is 18.4 Å². The molecule has 1 saturated heterocycles. The van der Waals surface area contributed by atoms with Crippen molar-refractivity contribution in [2.45, 2.75) is 12.8 Å². The predicted molar refractivity (Wildman–Crippen MR) is 68.6 cm³/mol. The third-order valence-corrected chi connectivity index (χ3v) is 3.10. The Hall–Kier alpha value is -1.62. The van der Waals surface area contributed by atoms with Gasteiger partial charge in [-0.2, -0.15) is 0 Å². The van der Waals surface area contributed by atoms with Crippen molar-refractivity contribution in [1.82, 2.24) is 4.90 Å². The summed E-state index contributed by atoms with van der Waals surface area (Å²) in [4.78, 5) is 2.33. The fourth-order valence-corrected chi connectivity index (χ4v) is 2.13. The number of hydrogen-bond donors (Lipinski definition) is 2. The molecule has 1 aromatic carbocycles. The molecule has 3 N–H and O–H groups in total. The second-order valence-electron chi connectivity index (χ2n) is 4.45. The van der Waals surface area contributed by atoms with E-state index in [4.69, 9.17) is 15.9 Å². The molecule has 0 unspecified atom stereocenters. The van der Waals surface area contributed by atoms with Gasteiger partial charge in [-0.05, 0) is 44.1 Å². The molecular formula is C13H18FN3O. The van der Waals surface area contributed by atoms with Crippen LogP contribution in [0, 0.1) is 11.2 Å². The summed E-state index contributed by atoms with van der Waals surface area (Å²) in [6.07, 6.45) is 2.49. The summed E-state index contributed by atoms with van der Waals surface area (Å²) >= 11 is 0. The van der Waals surface area contributed by atoms with E-state index in [2.05, 4.69) is 4.90 Å². The van der Waals surface area contributed by atoms with E-state index >= 15 is 0 Å². The van der Waals surface area contributed by atoms with Crippen LogP contribution in [-0.2, 0) is 0 Å². The third kappa shape index (κ3) is 3.20. The maximum absolute atomic E-state index is 13.1. The summed E-state index contributed by atoms with van der Waals surface area (Å²) in [6, 6.07) is 4.07. The molecular weight excluding hydrogens is 233 g/mol. The molecule has 0 saturated carbocycles. The lowest BCUT2D eigenvalue weighted by atomic mass is 10.2. The molecule has 1 aliphatic heterocycles. The summed E-state index contributed by atoms with van der Waals surface area (Å²) in [7, 11) is 0. The van der Waals surface area contributed by atoms with Gasteiger partial charge in [0.05, 0.1) is 5.56 Å². The van der Waals surface area contributed by atoms with E-state index in [1.807, 2.05) is 0 Å². The largest absolute Gasteiger partial charge is 0.491 e. The number of amidine groups is 1. The molecule has 1 heterocycles. The lowest BCUT2D eigenvalue weighted by molar-refractivity contribution is 0.237. The first-order chi connectivity index (χ1) is 8.66. The number of likely N-dealkylation sites (tertiary alicyclic amines) is 1. The highest BCUT2D eigenvalue weighted by Gasteiger charge is 2.12. The van der Waals surface area contributed by atoms with Gasteiger partial charge in [0.2, 0.25) is 0 Å². The SMILES string of the molecule is N=C(N)c1cc(F)ccc1OCCN1CCCC1. The maximum Gasteiger partial charge on any atom is 0.130 e. The Labute approximate surface area is 106 Å². The van der Waals surface area contributed by atoms with Crippen LogP contribution in [0.2, 0.25) is 0 Å². The minimum atomic E-state index is -0.410. The Morgan fingerprint density at radius 1 is 1.39 bits per heavy atom. The summed E-state index contributed by atoms with van der Waals surface area (Å²) in [5, 5.41) is 7.40. The van der Waals surface area contributed by atoms with Gasteiger partial charge in [-0.15, -0.1) is 0 Å². The van der Waals surface area contributed by atoms with E-state index in [9.17, 15) is 4.39 Å². The van der Waals surface area contributed by atoms with Gasteiger partial charge in [0.25, 0.3) is 0 Å². The minimum absolute atomic E-state index is 0.175. The van der Waals surface area contributed by atoms with Crippen molar-refractivity contribution in [1.29, 1.82) is 5.41 Å². The monoisotopic (exact) mass is 251 g/mol.